The van der Waals surface area contributed by atoms with Crippen molar-refractivity contribution in [3.63, 3.8) is 0 Å². The minimum atomic E-state index is -0.396. The second-order valence-corrected chi connectivity index (χ2v) is 5.18. The molecule has 6 heteroatoms. The van der Waals surface area contributed by atoms with Crippen LogP contribution in [-0.4, -0.2) is 31.6 Å². The smallest absolute Gasteiger partial charge is 0.359 e. The quantitative estimate of drug-likeness (QED) is 0.783. The van der Waals surface area contributed by atoms with Crippen LogP contribution in [0.3, 0.4) is 0 Å². The Morgan fingerprint density at radius 1 is 1.40 bits per heavy atom. The van der Waals surface area contributed by atoms with E-state index in [9.17, 15) is 4.79 Å². The highest BCUT2D eigenvalue weighted by Gasteiger charge is 2.18. The number of aryl methyl sites for hydroxylation is 1. The molecule has 2 aromatic heterocycles. The van der Waals surface area contributed by atoms with E-state index in [2.05, 4.69) is 24.0 Å². The molecular weight excluding hydrogens is 256 g/mol. The topological polar surface area (TPSA) is 61.9 Å². The third kappa shape index (κ3) is 3.26. The van der Waals surface area contributed by atoms with Crippen molar-refractivity contribution in [2.24, 2.45) is 7.05 Å². The fourth-order valence-corrected chi connectivity index (χ4v) is 2.07. The predicted molar refractivity (Wildman–Crippen MR) is 74.4 cm³/mol. The zero-order chi connectivity index (χ0) is 14.7. The van der Waals surface area contributed by atoms with Gasteiger partial charge in [-0.15, -0.1) is 0 Å². The van der Waals surface area contributed by atoms with Crippen LogP contribution in [0.4, 0.5) is 0 Å². The summed E-state index contributed by atoms with van der Waals surface area (Å²) in [6.07, 6.45) is 3.27. The van der Waals surface area contributed by atoms with Gasteiger partial charge in [0, 0.05) is 25.1 Å². The maximum Gasteiger partial charge on any atom is 0.359 e. The van der Waals surface area contributed by atoms with Gasteiger partial charge in [-0.1, -0.05) is 13.8 Å². The maximum atomic E-state index is 12.0. The lowest BCUT2D eigenvalue weighted by molar-refractivity contribution is 0.0291. The molecule has 0 spiro atoms. The van der Waals surface area contributed by atoms with Gasteiger partial charge in [0.1, 0.15) is 6.10 Å². The number of nitrogens with zero attached hydrogens (tertiary/aromatic N) is 4. The molecule has 0 saturated heterocycles. The van der Waals surface area contributed by atoms with Crippen molar-refractivity contribution in [3.8, 4) is 0 Å². The molecule has 0 radical (unpaired) electrons. The van der Waals surface area contributed by atoms with E-state index in [4.69, 9.17) is 4.74 Å². The van der Waals surface area contributed by atoms with Gasteiger partial charge in [-0.3, -0.25) is 9.36 Å². The van der Waals surface area contributed by atoms with E-state index in [1.54, 1.807) is 21.6 Å². The fraction of sp³-hybridized carbons (Fsp3) is 0.500. The molecule has 6 nitrogen and oxygen atoms in total. The van der Waals surface area contributed by atoms with Gasteiger partial charge in [0.05, 0.1) is 6.54 Å². The lowest BCUT2D eigenvalue weighted by Gasteiger charge is -2.12. The van der Waals surface area contributed by atoms with Crippen molar-refractivity contribution in [3.05, 3.63) is 35.9 Å². The van der Waals surface area contributed by atoms with E-state index in [1.165, 1.54) is 0 Å². The zero-order valence-electron chi connectivity index (χ0n) is 12.3. The Bertz CT molecular complexity index is 572. The van der Waals surface area contributed by atoms with Crippen LogP contribution in [-0.2, 0) is 18.3 Å². The van der Waals surface area contributed by atoms with Crippen molar-refractivity contribution in [1.29, 1.82) is 0 Å². The highest BCUT2D eigenvalue weighted by molar-refractivity contribution is 5.87. The Hall–Kier alpha value is -2.11. The lowest BCUT2D eigenvalue weighted by Crippen LogP contribution is -2.21. The average molecular weight is 276 g/mol. The number of carbonyl (C=O) groups excluding carboxylic acids is 1. The fourth-order valence-electron chi connectivity index (χ4n) is 2.07. The summed E-state index contributed by atoms with van der Waals surface area (Å²) in [5, 5.41) is 8.28. The molecule has 0 N–H and O–H groups in total. The van der Waals surface area contributed by atoms with Crippen LogP contribution < -0.4 is 0 Å². The average Bonchev–Trinajstić information content (AvgIpc) is 2.98. The molecule has 108 valence electrons. The van der Waals surface area contributed by atoms with E-state index in [1.807, 2.05) is 26.2 Å². The van der Waals surface area contributed by atoms with Gasteiger partial charge >= 0.3 is 5.97 Å². The Kier molecular flexibility index (Phi) is 4.22. The molecule has 2 aromatic rings. The van der Waals surface area contributed by atoms with Crippen LogP contribution in [0.15, 0.2) is 24.5 Å². The molecule has 0 aliphatic rings. The standard InChI is InChI=1S/C14H20N4O2/c1-10(2)13-8-12(16-17(13)4)14(19)20-11(3)9-18-7-5-6-15-18/h5-8,10-11H,9H2,1-4H3/t11-/m0/s1. The Balaban J connectivity index is 1.99. The lowest BCUT2D eigenvalue weighted by atomic mass is 10.1. The Morgan fingerprint density at radius 2 is 2.15 bits per heavy atom. The second kappa shape index (κ2) is 5.90. The molecule has 20 heavy (non-hydrogen) atoms. The van der Waals surface area contributed by atoms with Gasteiger partial charge in [0.15, 0.2) is 5.69 Å². The third-order valence-electron chi connectivity index (χ3n) is 3.03. The van der Waals surface area contributed by atoms with E-state index in [-0.39, 0.29) is 6.10 Å². The first-order valence-electron chi connectivity index (χ1n) is 6.69. The molecule has 0 fully saturated rings. The SMILES string of the molecule is CC(C)c1cc(C(=O)O[C@@H](C)Cn2cccn2)nn1C. The van der Waals surface area contributed by atoms with Crippen molar-refractivity contribution >= 4 is 5.97 Å². The summed E-state index contributed by atoms with van der Waals surface area (Å²) in [5.74, 6) is -0.0808. The number of aromatic nitrogens is 4. The molecule has 0 bridgehead atoms. The largest absolute Gasteiger partial charge is 0.456 e. The summed E-state index contributed by atoms with van der Waals surface area (Å²) in [6.45, 7) is 6.49. The van der Waals surface area contributed by atoms with Crippen molar-refractivity contribution in [2.45, 2.75) is 39.3 Å². The molecule has 0 aromatic carbocycles. The van der Waals surface area contributed by atoms with E-state index >= 15 is 0 Å². The number of carbonyl (C=O) groups is 1. The van der Waals surface area contributed by atoms with Crippen LogP contribution in [0, 0.1) is 0 Å². The number of rotatable bonds is 5. The van der Waals surface area contributed by atoms with Gasteiger partial charge in [-0.2, -0.15) is 10.2 Å². The van der Waals surface area contributed by atoms with Crippen molar-refractivity contribution in [1.82, 2.24) is 19.6 Å². The highest BCUT2D eigenvalue weighted by Crippen LogP contribution is 2.15. The summed E-state index contributed by atoms with van der Waals surface area (Å²) in [5.41, 5.74) is 1.36. The Labute approximate surface area is 118 Å². The summed E-state index contributed by atoms with van der Waals surface area (Å²) < 4.78 is 8.84. The zero-order valence-corrected chi connectivity index (χ0v) is 12.3. The third-order valence-corrected chi connectivity index (χ3v) is 3.03. The van der Waals surface area contributed by atoms with Gasteiger partial charge in [-0.25, -0.2) is 4.79 Å². The Morgan fingerprint density at radius 3 is 2.70 bits per heavy atom. The molecule has 0 unspecified atom stereocenters. The number of esters is 1. The number of ether oxygens (including phenoxy) is 1. The molecule has 0 amide bonds. The summed E-state index contributed by atoms with van der Waals surface area (Å²) in [6, 6.07) is 3.62. The van der Waals surface area contributed by atoms with Gasteiger partial charge in [0.2, 0.25) is 0 Å². The van der Waals surface area contributed by atoms with E-state index in [0.29, 0.717) is 18.2 Å². The predicted octanol–water partition coefficient (Wildman–Crippen LogP) is 1.99. The minimum absolute atomic E-state index is 0.257. The first kappa shape index (κ1) is 14.3. The number of hydrogen-bond donors (Lipinski definition) is 0. The number of hydrogen-bond acceptors (Lipinski definition) is 4. The van der Waals surface area contributed by atoms with Crippen molar-refractivity contribution in [2.75, 3.05) is 0 Å². The van der Waals surface area contributed by atoms with Crippen LogP contribution in [0.5, 0.6) is 0 Å². The molecule has 2 rings (SSSR count). The monoisotopic (exact) mass is 276 g/mol. The molecule has 0 saturated carbocycles. The molecule has 2 heterocycles. The first-order chi connectivity index (χ1) is 9.47. The van der Waals surface area contributed by atoms with Crippen LogP contribution >= 0.6 is 0 Å². The first-order valence-corrected chi connectivity index (χ1v) is 6.69. The van der Waals surface area contributed by atoms with Gasteiger partial charge < -0.3 is 4.74 Å². The van der Waals surface area contributed by atoms with Crippen LogP contribution in [0.25, 0.3) is 0 Å². The highest BCUT2D eigenvalue weighted by atomic mass is 16.5. The van der Waals surface area contributed by atoms with E-state index in [0.717, 1.165) is 5.69 Å². The van der Waals surface area contributed by atoms with E-state index < -0.39 is 5.97 Å². The summed E-state index contributed by atoms with van der Waals surface area (Å²) in [4.78, 5) is 12.0. The van der Waals surface area contributed by atoms with Gasteiger partial charge in [0.25, 0.3) is 0 Å². The van der Waals surface area contributed by atoms with Crippen molar-refractivity contribution < 1.29 is 9.53 Å². The molecular formula is C14H20N4O2. The van der Waals surface area contributed by atoms with Crippen LogP contribution in [0.2, 0.25) is 0 Å². The van der Waals surface area contributed by atoms with Crippen LogP contribution in [0.1, 0.15) is 42.9 Å². The summed E-state index contributed by atoms with van der Waals surface area (Å²) in [7, 11) is 1.83. The molecule has 0 aliphatic heterocycles. The maximum absolute atomic E-state index is 12.0. The molecule has 1 atom stereocenters. The minimum Gasteiger partial charge on any atom is -0.456 e. The van der Waals surface area contributed by atoms with Gasteiger partial charge in [-0.05, 0) is 25.0 Å². The molecule has 0 aliphatic carbocycles. The summed E-state index contributed by atoms with van der Waals surface area (Å²) >= 11 is 0. The normalized spacial score (nSPS) is 12.7. The second-order valence-electron chi connectivity index (χ2n) is 5.18.